The van der Waals surface area contributed by atoms with Crippen molar-refractivity contribution in [3.8, 4) is 0 Å². The van der Waals surface area contributed by atoms with E-state index in [1.807, 2.05) is 0 Å². The van der Waals surface area contributed by atoms with Crippen LogP contribution in [0.1, 0.15) is 13.8 Å². The Kier molecular flexibility index (Phi) is 4.99. The molecule has 1 aliphatic rings. The van der Waals surface area contributed by atoms with Gasteiger partial charge in [0.2, 0.25) is 0 Å². The van der Waals surface area contributed by atoms with Crippen molar-refractivity contribution in [3.63, 3.8) is 0 Å². The van der Waals surface area contributed by atoms with Gasteiger partial charge in [0.1, 0.15) is 0 Å². The fourth-order valence-electron chi connectivity index (χ4n) is 1.02. The van der Waals surface area contributed by atoms with Gasteiger partial charge < -0.3 is 0 Å². The first kappa shape index (κ1) is 10.2. The van der Waals surface area contributed by atoms with E-state index >= 15 is 0 Å². The van der Waals surface area contributed by atoms with Crippen LogP contribution in [0.4, 0.5) is 0 Å². The van der Waals surface area contributed by atoms with Crippen LogP contribution in [0.15, 0.2) is 24.3 Å². The van der Waals surface area contributed by atoms with Gasteiger partial charge in [-0.3, -0.25) is 0 Å². The number of hydrogen-bond acceptors (Lipinski definition) is 0. The van der Waals surface area contributed by atoms with Crippen LogP contribution in [0.5, 0.6) is 0 Å². The fourth-order valence-corrected chi connectivity index (χ4v) is 1.02. The average molecular weight is 316 g/mol. The van der Waals surface area contributed by atoms with Crippen molar-refractivity contribution < 1.29 is 21.1 Å². The topological polar surface area (TPSA) is 0 Å². The molecule has 0 bridgehead atoms. The third-order valence-electron chi connectivity index (χ3n) is 1.91. The van der Waals surface area contributed by atoms with E-state index in [1.54, 1.807) is 0 Å². The standard InChI is InChI=1S/C9H13.Pt/c1-3-8(2)9-6-4-5-7-9;/h3-9H,1-2H3;. The normalized spacial score (nSPS) is 19.0. The van der Waals surface area contributed by atoms with Gasteiger partial charge in [0.05, 0.1) is 0 Å². The van der Waals surface area contributed by atoms with Gasteiger partial charge in [-0.25, -0.2) is 0 Å². The Bertz CT molecular complexity index is 124. The molecule has 1 rings (SSSR count). The Labute approximate surface area is 77.7 Å². The predicted octanol–water partition coefficient (Wildman–Crippen LogP) is 2.59. The Morgan fingerprint density at radius 3 is 2.20 bits per heavy atom. The van der Waals surface area contributed by atoms with Gasteiger partial charge in [0.25, 0.3) is 0 Å². The third-order valence-corrected chi connectivity index (χ3v) is 1.91. The molecular formula is C9H13Pt. The molecule has 0 aromatic rings. The molecule has 1 heteroatoms. The zero-order valence-electron chi connectivity index (χ0n) is 6.36. The quantitative estimate of drug-likeness (QED) is 0.735. The molecule has 0 spiro atoms. The predicted molar refractivity (Wildman–Crippen MR) is 40.9 cm³/mol. The maximum absolute atomic E-state index is 2.24. The molecule has 0 fully saturated rings. The van der Waals surface area contributed by atoms with Crippen molar-refractivity contribution >= 4 is 0 Å². The van der Waals surface area contributed by atoms with Crippen LogP contribution in [0.25, 0.3) is 0 Å². The van der Waals surface area contributed by atoms with Gasteiger partial charge in [-0.1, -0.05) is 38.2 Å². The summed E-state index contributed by atoms with van der Waals surface area (Å²) < 4.78 is 0. The summed E-state index contributed by atoms with van der Waals surface area (Å²) in [6, 6.07) is 0. The van der Waals surface area contributed by atoms with Crippen molar-refractivity contribution in [2.24, 2.45) is 11.8 Å². The average Bonchev–Trinajstić information content (AvgIpc) is 2.37. The van der Waals surface area contributed by atoms with Crippen LogP contribution in [0.2, 0.25) is 0 Å². The first-order valence-corrected chi connectivity index (χ1v) is 3.49. The monoisotopic (exact) mass is 316 g/mol. The minimum atomic E-state index is 0. The van der Waals surface area contributed by atoms with Gasteiger partial charge in [-0.05, 0) is 18.3 Å². The van der Waals surface area contributed by atoms with Crippen molar-refractivity contribution in [2.75, 3.05) is 0 Å². The molecule has 0 saturated carbocycles. The molecule has 1 aliphatic carbocycles. The van der Waals surface area contributed by atoms with Crippen molar-refractivity contribution in [3.05, 3.63) is 30.7 Å². The van der Waals surface area contributed by atoms with Gasteiger partial charge in [0, 0.05) is 21.1 Å². The van der Waals surface area contributed by atoms with Crippen LogP contribution < -0.4 is 0 Å². The zero-order chi connectivity index (χ0) is 6.69. The zero-order valence-corrected chi connectivity index (χ0v) is 8.63. The van der Waals surface area contributed by atoms with Crippen LogP contribution >= 0.6 is 0 Å². The molecule has 10 heavy (non-hydrogen) atoms. The van der Waals surface area contributed by atoms with Crippen LogP contribution in [0.3, 0.4) is 0 Å². The molecule has 0 nitrogen and oxygen atoms in total. The first-order valence-electron chi connectivity index (χ1n) is 3.49. The maximum Gasteiger partial charge on any atom is 0 e. The molecular weight excluding hydrogens is 303 g/mol. The second kappa shape index (κ2) is 4.90. The van der Waals surface area contributed by atoms with E-state index in [4.69, 9.17) is 0 Å². The van der Waals surface area contributed by atoms with Gasteiger partial charge in [0.15, 0.2) is 0 Å². The Morgan fingerprint density at radius 2 is 1.80 bits per heavy atom. The Hall–Kier alpha value is 0.168. The number of hydrogen-bond donors (Lipinski definition) is 0. The molecule has 0 N–H and O–H groups in total. The van der Waals surface area contributed by atoms with E-state index < -0.39 is 0 Å². The van der Waals surface area contributed by atoms with Crippen LogP contribution in [0, 0.1) is 18.3 Å². The minimum Gasteiger partial charge on any atom is -0.0773 e. The smallest absolute Gasteiger partial charge is 0 e. The van der Waals surface area contributed by atoms with Gasteiger partial charge in [-0.2, -0.15) is 0 Å². The van der Waals surface area contributed by atoms with Crippen molar-refractivity contribution in [1.82, 2.24) is 0 Å². The number of allylic oxidation sites excluding steroid dienone is 4. The molecule has 0 saturated heterocycles. The molecule has 0 aromatic carbocycles. The largest absolute Gasteiger partial charge is 0.0773 e. The van der Waals surface area contributed by atoms with E-state index in [1.165, 1.54) is 0 Å². The summed E-state index contributed by atoms with van der Waals surface area (Å²) >= 11 is 0. The second-order valence-electron chi connectivity index (χ2n) is 2.54. The molecule has 0 amide bonds. The molecule has 0 heterocycles. The summed E-state index contributed by atoms with van der Waals surface area (Å²) in [5.74, 6) is 1.36. The summed E-state index contributed by atoms with van der Waals surface area (Å²) in [7, 11) is 0. The summed E-state index contributed by atoms with van der Waals surface area (Å²) in [6.07, 6.45) is 11.0. The second-order valence-corrected chi connectivity index (χ2v) is 2.54. The molecule has 0 aliphatic heterocycles. The van der Waals surface area contributed by atoms with Crippen molar-refractivity contribution in [1.29, 1.82) is 0 Å². The van der Waals surface area contributed by atoms with Crippen molar-refractivity contribution in [2.45, 2.75) is 13.8 Å². The van der Waals surface area contributed by atoms with E-state index in [-0.39, 0.29) is 21.1 Å². The fraction of sp³-hybridized carbons (Fsp3) is 0.444. The van der Waals surface area contributed by atoms with E-state index in [0.717, 1.165) is 0 Å². The van der Waals surface area contributed by atoms with Gasteiger partial charge in [-0.15, -0.1) is 0 Å². The summed E-state index contributed by atoms with van der Waals surface area (Å²) in [6.45, 7) is 4.36. The minimum absolute atomic E-state index is 0. The van der Waals surface area contributed by atoms with Crippen LogP contribution in [-0.2, 0) is 21.1 Å². The summed E-state index contributed by atoms with van der Waals surface area (Å²) in [5.41, 5.74) is 0. The first-order chi connectivity index (χ1) is 4.34. The van der Waals surface area contributed by atoms with E-state index in [2.05, 4.69) is 44.6 Å². The Morgan fingerprint density at radius 1 is 1.30 bits per heavy atom. The third kappa shape index (κ3) is 2.42. The Balaban J connectivity index is 0.000000810. The maximum atomic E-state index is 2.24. The molecule has 1 radical (unpaired) electrons. The summed E-state index contributed by atoms with van der Waals surface area (Å²) in [4.78, 5) is 0. The summed E-state index contributed by atoms with van der Waals surface area (Å²) in [5, 5.41) is 0. The number of rotatable bonds is 2. The molecule has 0 aromatic heterocycles. The van der Waals surface area contributed by atoms with E-state index in [0.29, 0.717) is 11.8 Å². The van der Waals surface area contributed by atoms with Gasteiger partial charge >= 0.3 is 0 Å². The molecule has 1 unspecified atom stereocenters. The van der Waals surface area contributed by atoms with Crippen LogP contribution in [-0.4, -0.2) is 0 Å². The van der Waals surface area contributed by atoms with E-state index in [9.17, 15) is 0 Å². The molecule has 1 atom stereocenters. The SMILES string of the molecule is C[CH]C(C)C1C=CC=C1.[Pt]. The molecule has 59 valence electrons.